The number of para-hydroxylation sites is 1. The molecule has 0 aliphatic carbocycles. The minimum absolute atomic E-state index is 0.0725. The molecule has 5 heteroatoms. The van der Waals surface area contributed by atoms with Gasteiger partial charge in [0.05, 0.1) is 12.0 Å². The third kappa shape index (κ3) is 4.24. The molecule has 2 aromatic rings. The molecule has 0 saturated carbocycles. The number of hydrogen-bond donors (Lipinski definition) is 0. The summed E-state index contributed by atoms with van der Waals surface area (Å²) < 4.78 is 6.22. The lowest BCUT2D eigenvalue weighted by Gasteiger charge is -2.44. The first-order valence-corrected chi connectivity index (χ1v) is 10.2. The average molecular weight is 391 g/mol. The number of Topliss-reactive ketones (excluding diaryl/α,β-unsaturated/α-hetero) is 2. The van der Waals surface area contributed by atoms with Crippen LogP contribution in [0.1, 0.15) is 59.2 Å². The Labute approximate surface area is 170 Å². The van der Waals surface area contributed by atoms with E-state index in [1.807, 2.05) is 41.3 Å². The lowest BCUT2D eigenvalue weighted by molar-refractivity contribution is -0.134. The molecule has 1 fully saturated rings. The summed E-state index contributed by atoms with van der Waals surface area (Å²) >= 11 is 0. The van der Waals surface area contributed by atoms with E-state index >= 15 is 0 Å². The van der Waals surface area contributed by atoms with Crippen LogP contribution in [0.2, 0.25) is 0 Å². The highest BCUT2D eigenvalue weighted by Gasteiger charge is 2.43. The normalized spacial score (nSPS) is 17.5. The Morgan fingerprint density at radius 1 is 0.931 bits per heavy atom. The van der Waals surface area contributed by atoms with E-state index in [1.165, 1.54) is 0 Å². The summed E-state index contributed by atoms with van der Waals surface area (Å²) in [7, 11) is 0. The van der Waals surface area contributed by atoms with E-state index < -0.39 is 5.60 Å². The summed E-state index contributed by atoms with van der Waals surface area (Å²) in [6.07, 6.45) is 2.98. The van der Waals surface area contributed by atoms with E-state index in [4.69, 9.17) is 4.74 Å². The Kier molecular flexibility index (Phi) is 5.47. The second-order valence-corrected chi connectivity index (χ2v) is 7.90. The highest BCUT2D eigenvalue weighted by atomic mass is 16.5. The number of rotatable bonds is 5. The number of carbonyl (C=O) groups excluding carboxylic acids is 3. The third-order valence-corrected chi connectivity index (χ3v) is 5.91. The first-order valence-electron chi connectivity index (χ1n) is 10.2. The summed E-state index contributed by atoms with van der Waals surface area (Å²) in [6.45, 7) is 1.17. The zero-order valence-electron chi connectivity index (χ0n) is 16.4. The molecule has 2 aliphatic heterocycles. The van der Waals surface area contributed by atoms with Gasteiger partial charge in [-0.05, 0) is 18.6 Å². The number of hydrogen-bond acceptors (Lipinski definition) is 4. The number of nitrogens with zero attached hydrogens (tertiary/aromatic N) is 1. The molecule has 0 aromatic heterocycles. The second-order valence-electron chi connectivity index (χ2n) is 7.90. The number of amides is 1. The maximum atomic E-state index is 12.6. The largest absolute Gasteiger partial charge is 0.486 e. The van der Waals surface area contributed by atoms with Crippen molar-refractivity contribution in [3.8, 4) is 5.75 Å². The van der Waals surface area contributed by atoms with Crippen molar-refractivity contribution < 1.29 is 19.1 Å². The molecule has 0 unspecified atom stereocenters. The van der Waals surface area contributed by atoms with Gasteiger partial charge in [0.1, 0.15) is 11.4 Å². The number of fused-ring (bicyclic) bond motifs is 1. The Morgan fingerprint density at radius 3 is 2.38 bits per heavy atom. The van der Waals surface area contributed by atoms with Crippen molar-refractivity contribution in [2.75, 3.05) is 13.1 Å². The first kappa shape index (κ1) is 19.4. The molecule has 2 aromatic carbocycles. The highest BCUT2D eigenvalue weighted by Crippen LogP contribution is 2.39. The van der Waals surface area contributed by atoms with Crippen molar-refractivity contribution in [2.24, 2.45) is 0 Å². The van der Waals surface area contributed by atoms with Crippen LogP contribution in [-0.4, -0.2) is 41.1 Å². The van der Waals surface area contributed by atoms with Crippen LogP contribution >= 0.6 is 0 Å². The van der Waals surface area contributed by atoms with Gasteiger partial charge in [-0.1, -0.05) is 42.5 Å². The first-order chi connectivity index (χ1) is 14.1. The molecule has 0 atom stereocenters. The average Bonchev–Trinajstić information content (AvgIpc) is 2.74. The Bertz CT molecular complexity index is 913. The molecule has 29 heavy (non-hydrogen) atoms. The fourth-order valence-electron chi connectivity index (χ4n) is 4.21. The predicted octanol–water partition coefficient (Wildman–Crippen LogP) is 4.07. The molecule has 4 rings (SSSR count). The highest BCUT2D eigenvalue weighted by molar-refractivity contribution is 6.00. The second kappa shape index (κ2) is 8.19. The van der Waals surface area contributed by atoms with Gasteiger partial charge in [-0.2, -0.15) is 0 Å². The van der Waals surface area contributed by atoms with Crippen LogP contribution in [0.15, 0.2) is 54.6 Å². The number of likely N-dealkylation sites (tertiary alicyclic amines) is 1. The van der Waals surface area contributed by atoms with Crippen molar-refractivity contribution in [3.05, 3.63) is 65.7 Å². The SMILES string of the molecule is O=C(CCCC(=O)N1CCC2(CC1)CC(=O)c1ccccc1O2)c1ccccc1. The smallest absolute Gasteiger partial charge is 0.222 e. The summed E-state index contributed by atoms with van der Waals surface area (Å²) in [6, 6.07) is 16.6. The maximum absolute atomic E-state index is 12.6. The molecule has 1 amide bonds. The van der Waals surface area contributed by atoms with Gasteiger partial charge in [0.2, 0.25) is 5.91 Å². The van der Waals surface area contributed by atoms with Crippen molar-refractivity contribution in [2.45, 2.75) is 44.1 Å². The minimum atomic E-state index is -0.495. The van der Waals surface area contributed by atoms with E-state index in [2.05, 4.69) is 0 Å². The van der Waals surface area contributed by atoms with Gasteiger partial charge < -0.3 is 9.64 Å². The van der Waals surface area contributed by atoms with E-state index in [0.29, 0.717) is 68.5 Å². The van der Waals surface area contributed by atoms with Gasteiger partial charge in [0.25, 0.3) is 0 Å². The quantitative estimate of drug-likeness (QED) is 0.721. The van der Waals surface area contributed by atoms with Crippen LogP contribution < -0.4 is 4.74 Å². The van der Waals surface area contributed by atoms with Gasteiger partial charge >= 0.3 is 0 Å². The van der Waals surface area contributed by atoms with Crippen molar-refractivity contribution in [1.82, 2.24) is 4.90 Å². The molecule has 0 bridgehead atoms. The fourth-order valence-corrected chi connectivity index (χ4v) is 4.21. The van der Waals surface area contributed by atoms with E-state index in [1.54, 1.807) is 18.2 Å². The van der Waals surface area contributed by atoms with Crippen LogP contribution in [0.5, 0.6) is 5.75 Å². The summed E-state index contributed by atoms with van der Waals surface area (Å²) in [5.41, 5.74) is 0.852. The molecule has 0 radical (unpaired) electrons. The Hall–Kier alpha value is -2.95. The van der Waals surface area contributed by atoms with Gasteiger partial charge in [-0.15, -0.1) is 0 Å². The number of benzene rings is 2. The standard InChI is InChI=1S/C24H25NO4/c26-20(18-7-2-1-3-8-18)10-6-12-23(28)25-15-13-24(14-16-25)17-21(27)19-9-4-5-11-22(19)29-24/h1-5,7-9,11H,6,10,12-17H2. The Balaban J connectivity index is 1.27. The molecular weight excluding hydrogens is 366 g/mol. The Morgan fingerprint density at radius 2 is 1.62 bits per heavy atom. The molecule has 150 valence electrons. The molecule has 2 aliphatic rings. The van der Waals surface area contributed by atoms with Gasteiger partial charge in [-0.25, -0.2) is 0 Å². The van der Waals surface area contributed by atoms with Gasteiger partial charge in [0, 0.05) is 44.3 Å². The van der Waals surface area contributed by atoms with Crippen molar-refractivity contribution in [1.29, 1.82) is 0 Å². The molecule has 1 saturated heterocycles. The molecular formula is C24H25NO4. The van der Waals surface area contributed by atoms with Crippen LogP contribution in [0.4, 0.5) is 0 Å². The zero-order chi connectivity index (χ0) is 20.3. The fraction of sp³-hybridized carbons (Fsp3) is 0.375. The number of ether oxygens (including phenoxy) is 1. The van der Waals surface area contributed by atoms with E-state index in [0.717, 1.165) is 0 Å². The lowest BCUT2D eigenvalue weighted by atomic mass is 9.82. The molecule has 0 N–H and O–H groups in total. The maximum Gasteiger partial charge on any atom is 0.222 e. The number of ketones is 2. The third-order valence-electron chi connectivity index (χ3n) is 5.91. The molecule has 5 nitrogen and oxygen atoms in total. The van der Waals surface area contributed by atoms with Crippen LogP contribution in [0, 0.1) is 0 Å². The van der Waals surface area contributed by atoms with Crippen molar-refractivity contribution >= 4 is 17.5 Å². The van der Waals surface area contributed by atoms with Gasteiger partial charge in [0.15, 0.2) is 11.6 Å². The monoisotopic (exact) mass is 391 g/mol. The summed E-state index contributed by atoms with van der Waals surface area (Å²) in [4.78, 5) is 39.1. The summed E-state index contributed by atoms with van der Waals surface area (Å²) in [5, 5.41) is 0. The van der Waals surface area contributed by atoms with Crippen LogP contribution in [-0.2, 0) is 4.79 Å². The van der Waals surface area contributed by atoms with Crippen LogP contribution in [0.3, 0.4) is 0 Å². The number of carbonyl (C=O) groups is 3. The van der Waals surface area contributed by atoms with E-state index in [-0.39, 0.29) is 17.5 Å². The lowest BCUT2D eigenvalue weighted by Crippen LogP contribution is -2.52. The van der Waals surface area contributed by atoms with Crippen molar-refractivity contribution in [3.63, 3.8) is 0 Å². The minimum Gasteiger partial charge on any atom is -0.486 e. The van der Waals surface area contributed by atoms with Gasteiger partial charge in [-0.3, -0.25) is 14.4 Å². The van der Waals surface area contributed by atoms with Crippen LogP contribution in [0.25, 0.3) is 0 Å². The van der Waals surface area contributed by atoms with E-state index in [9.17, 15) is 14.4 Å². The molecule has 2 heterocycles. The topological polar surface area (TPSA) is 63.7 Å². The number of piperidine rings is 1. The zero-order valence-corrected chi connectivity index (χ0v) is 16.4. The predicted molar refractivity (Wildman–Crippen MR) is 109 cm³/mol. The molecule has 1 spiro atoms. The summed E-state index contributed by atoms with van der Waals surface area (Å²) in [5.74, 6) is 0.918.